The highest BCUT2D eigenvalue weighted by molar-refractivity contribution is 9.10. The zero-order valence-electron chi connectivity index (χ0n) is 10.9. The monoisotopic (exact) mass is 365 g/mol. The summed E-state index contributed by atoms with van der Waals surface area (Å²) in [6.45, 7) is 0. The van der Waals surface area contributed by atoms with Crippen molar-refractivity contribution in [2.45, 2.75) is 19.3 Å². The maximum atomic E-state index is 4.79. The summed E-state index contributed by atoms with van der Waals surface area (Å²) < 4.78 is 1.08. The molecule has 1 aliphatic rings. The summed E-state index contributed by atoms with van der Waals surface area (Å²) in [6, 6.07) is 2.08. The number of anilines is 1. The fraction of sp³-hybridized carbons (Fsp3) is 0.286. The predicted octanol–water partition coefficient (Wildman–Crippen LogP) is 4.71. The van der Waals surface area contributed by atoms with Crippen LogP contribution in [0.25, 0.3) is 20.9 Å². The first-order chi connectivity index (χ1) is 9.76. The smallest absolute Gasteiger partial charge is 0.173 e. The zero-order valence-corrected chi connectivity index (χ0v) is 14.1. The lowest BCUT2D eigenvalue weighted by Gasteiger charge is -2.05. The highest BCUT2D eigenvalue weighted by Crippen LogP contribution is 2.40. The first-order valence-corrected chi connectivity index (χ1v) is 8.99. The van der Waals surface area contributed by atoms with E-state index in [9.17, 15) is 0 Å². The van der Waals surface area contributed by atoms with E-state index in [2.05, 4.69) is 32.7 Å². The van der Waals surface area contributed by atoms with Gasteiger partial charge < -0.3 is 5.32 Å². The average Bonchev–Trinajstić information content (AvgIpc) is 3.12. The Labute approximate surface area is 133 Å². The number of halogens is 1. The number of nitrogens with one attached hydrogen (secondary N) is 1. The molecule has 0 unspecified atom stereocenters. The summed E-state index contributed by atoms with van der Waals surface area (Å²) in [6.07, 6.45) is 3.62. The molecule has 0 atom stereocenters. The molecule has 3 heterocycles. The molecule has 0 saturated carbocycles. The van der Waals surface area contributed by atoms with Gasteiger partial charge in [0, 0.05) is 21.8 Å². The highest BCUT2D eigenvalue weighted by atomic mass is 79.9. The van der Waals surface area contributed by atoms with Crippen molar-refractivity contribution in [2.75, 3.05) is 12.4 Å². The van der Waals surface area contributed by atoms with E-state index in [0.717, 1.165) is 32.2 Å². The minimum Gasteiger partial charge on any atom is -0.372 e. The number of aryl methyl sites for hydroxylation is 2. The molecule has 0 fully saturated rings. The number of hydrogen-bond acceptors (Lipinski definition) is 5. The van der Waals surface area contributed by atoms with Crippen molar-refractivity contribution >= 4 is 54.6 Å². The van der Waals surface area contributed by atoms with Crippen LogP contribution in [0.5, 0.6) is 0 Å². The Hall–Kier alpha value is -0.980. The second-order valence-corrected chi connectivity index (χ2v) is 7.72. The highest BCUT2D eigenvalue weighted by Gasteiger charge is 2.22. The normalized spacial score (nSPS) is 13.9. The third-order valence-electron chi connectivity index (χ3n) is 3.59. The molecule has 3 nitrogen and oxygen atoms in total. The van der Waals surface area contributed by atoms with Crippen molar-refractivity contribution in [1.29, 1.82) is 0 Å². The summed E-state index contributed by atoms with van der Waals surface area (Å²) in [4.78, 5) is 13.2. The standard InChI is InChI=1S/C14H12BrN3S2/c1-16-13-11-8-3-2-4-9(8)20-14(11)18-12(17-13)10-5-7(15)6-19-10/h5-6H,2-4H2,1H3,(H,16,17,18). The van der Waals surface area contributed by atoms with E-state index in [4.69, 9.17) is 9.97 Å². The van der Waals surface area contributed by atoms with Crippen LogP contribution in [0.3, 0.4) is 0 Å². The molecule has 3 aromatic rings. The molecular formula is C14H12BrN3S2. The van der Waals surface area contributed by atoms with Crippen molar-refractivity contribution < 1.29 is 0 Å². The van der Waals surface area contributed by atoms with E-state index in [1.165, 1.54) is 28.7 Å². The van der Waals surface area contributed by atoms with Crippen LogP contribution >= 0.6 is 38.6 Å². The molecule has 4 rings (SSSR count). The molecule has 6 heteroatoms. The van der Waals surface area contributed by atoms with Crippen molar-refractivity contribution in [2.24, 2.45) is 0 Å². The van der Waals surface area contributed by atoms with Gasteiger partial charge in [-0.25, -0.2) is 9.97 Å². The summed E-state index contributed by atoms with van der Waals surface area (Å²) in [5.74, 6) is 1.78. The second-order valence-electron chi connectivity index (χ2n) is 4.81. The van der Waals surface area contributed by atoms with E-state index >= 15 is 0 Å². The van der Waals surface area contributed by atoms with Crippen molar-refractivity contribution in [3.63, 3.8) is 0 Å². The van der Waals surface area contributed by atoms with Gasteiger partial charge in [0.05, 0.1) is 10.3 Å². The fourth-order valence-corrected chi connectivity index (χ4v) is 5.34. The van der Waals surface area contributed by atoms with Gasteiger partial charge in [-0.1, -0.05) is 0 Å². The predicted molar refractivity (Wildman–Crippen MR) is 90.0 cm³/mol. The fourth-order valence-electron chi connectivity index (χ4n) is 2.72. The summed E-state index contributed by atoms with van der Waals surface area (Å²) in [7, 11) is 1.94. The molecule has 0 aliphatic heterocycles. The Morgan fingerprint density at radius 2 is 2.20 bits per heavy atom. The number of aromatic nitrogens is 2. The number of nitrogens with zero attached hydrogens (tertiary/aromatic N) is 2. The van der Waals surface area contributed by atoms with Crippen LogP contribution < -0.4 is 5.32 Å². The Morgan fingerprint density at radius 3 is 2.95 bits per heavy atom. The van der Waals surface area contributed by atoms with E-state index in [1.807, 2.05) is 18.4 Å². The maximum Gasteiger partial charge on any atom is 0.173 e. The van der Waals surface area contributed by atoms with Crippen molar-refractivity contribution in [1.82, 2.24) is 9.97 Å². The van der Waals surface area contributed by atoms with Crippen LogP contribution in [0, 0.1) is 0 Å². The minimum absolute atomic E-state index is 0.817. The van der Waals surface area contributed by atoms with E-state index in [0.29, 0.717) is 0 Å². The van der Waals surface area contributed by atoms with Crippen LogP contribution in [0.4, 0.5) is 5.82 Å². The van der Waals surface area contributed by atoms with Gasteiger partial charge in [-0.05, 0) is 46.8 Å². The molecule has 0 saturated heterocycles. The van der Waals surface area contributed by atoms with Crippen LogP contribution in [0.2, 0.25) is 0 Å². The number of hydrogen-bond donors (Lipinski definition) is 1. The SMILES string of the molecule is CNc1nc(-c2cc(Br)cs2)nc2sc3c(c12)CCC3. The van der Waals surface area contributed by atoms with Crippen LogP contribution in [-0.4, -0.2) is 17.0 Å². The Bertz CT molecular complexity index is 806. The van der Waals surface area contributed by atoms with Gasteiger partial charge in [-0.15, -0.1) is 22.7 Å². The quantitative estimate of drug-likeness (QED) is 0.714. The van der Waals surface area contributed by atoms with Crippen LogP contribution in [-0.2, 0) is 12.8 Å². The largest absolute Gasteiger partial charge is 0.372 e. The number of thiophene rings is 2. The van der Waals surface area contributed by atoms with Crippen molar-refractivity contribution in [3.8, 4) is 10.7 Å². The van der Waals surface area contributed by atoms with Gasteiger partial charge in [0.2, 0.25) is 0 Å². The molecule has 0 amide bonds. The molecule has 0 radical (unpaired) electrons. The Balaban J connectivity index is 1.97. The first kappa shape index (κ1) is 12.7. The molecular weight excluding hydrogens is 354 g/mol. The van der Waals surface area contributed by atoms with Gasteiger partial charge in [-0.3, -0.25) is 0 Å². The zero-order chi connectivity index (χ0) is 13.7. The molecule has 3 aromatic heterocycles. The first-order valence-electron chi connectivity index (χ1n) is 6.50. The summed E-state index contributed by atoms with van der Waals surface area (Å²) in [5.41, 5.74) is 1.47. The van der Waals surface area contributed by atoms with E-state index in [-0.39, 0.29) is 0 Å². The molecule has 1 N–H and O–H groups in total. The molecule has 0 aromatic carbocycles. The Kier molecular flexibility index (Phi) is 3.05. The lowest BCUT2D eigenvalue weighted by molar-refractivity contribution is 0.917. The van der Waals surface area contributed by atoms with Crippen LogP contribution in [0.1, 0.15) is 16.9 Å². The third kappa shape index (κ3) is 1.89. The van der Waals surface area contributed by atoms with E-state index < -0.39 is 0 Å². The molecule has 0 spiro atoms. The lowest BCUT2D eigenvalue weighted by atomic mass is 10.2. The summed E-state index contributed by atoms with van der Waals surface area (Å²) in [5, 5.41) is 6.56. The minimum atomic E-state index is 0.817. The van der Waals surface area contributed by atoms with Gasteiger partial charge in [0.25, 0.3) is 0 Å². The Morgan fingerprint density at radius 1 is 1.30 bits per heavy atom. The third-order valence-corrected chi connectivity index (χ3v) is 6.46. The van der Waals surface area contributed by atoms with E-state index in [1.54, 1.807) is 11.3 Å². The average molecular weight is 366 g/mol. The number of fused-ring (bicyclic) bond motifs is 3. The number of rotatable bonds is 2. The van der Waals surface area contributed by atoms with Crippen molar-refractivity contribution in [3.05, 3.63) is 26.4 Å². The second kappa shape index (κ2) is 4.79. The molecule has 20 heavy (non-hydrogen) atoms. The van der Waals surface area contributed by atoms with Gasteiger partial charge in [0.1, 0.15) is 10.6 Å². The topological polar surface area (TPSA) is 37.8 Å². The molecule has 0 bridgehead atoms. The summed E-state index contributed by atoms with van der Waals surface area (Å²) >= 11 is 6.99. The lowest BCUT2D eigenvalue weighted by Crippen LogP contribution is -1.97. The molecule has 1 aliphatic carbocycles. The van der Waals surface area contributed by atoms with Gasteiger partial charge >= 0.3 is 0 Å². The van der Waals surface area contributed by atoms with Gasteiger partial charge in [-0.2, -0.15) is 0 Å². The maximum absolute atomic E-state index is 4.79. The van der Waals surface area contributed by atoms with Gasteiger partial charge in [0.15, 0.2) is 5.82 Å². The van der Waals surface area contributed by atoms with Crippen LogP contribution in [0.15, 0.2) is 15.9 Å². The molecule has 102 valence electrons.